The van der Waals surface area contributed by atoms with Crippen LogP contribution in [0.1, 0.15) is 56.3 Å². The second-order valence-corrected chi connectivity index (χ2v) is 13.5. The van der Waals surface area contributed by atoms with Gasteiger partial charge in [0.15, 0.2) is 5.75 Å². The monoisotopic (exact) mass is 606 g/mol. The molecule has 0 saturated heterocycles. The van der Waals surface area contributed by atoms with Crippen LogP contribution in [0.2, 0.25) is 5.02 Å². The van der Waals surface area contributed by atoms with Crippen LogP contribution in [0.5, 0.6) is 5.75 Å². The van der Waals surface area contributed by atoms with Gasteiger partial charge in [0.2, 0.25) is 10.0 Å². The van der Waals surface area contributed by atoms with Crippen LogP contribution in [0, 0.1) is 5.92 Å². The highest BCUT2D eigenvalue weighted by molar-refractivity contribution is 7.89. The number of sulfonamides is 1. The minimum absolute atomic E-state index is 0.0241. The minimum atomic E-state index is -3.87. The Morgan fingerprint density at radius 1 is 1.17 bits per heavy atom. The van der Waals surface area contributed by atoms with Crippen molar-refractivity contribution in [1.29, 1.82) is 0 Å². The fourth-order valence-corrected chi connectivity index (χ4v) is 6.60. The quantitative estimate of drug-likeness (QED) is 0.410. The Kier molecular flexibility index (Phi) is 10.2. The molecular weight excluding hydrogens is 568 g/mol. The van der Waals surface area contributed by atoms with E-state index in [1.165, 1.54) is 35.6 Å². The standard InChI is InChI=1S/C29H39ClN4O6S/c1-19-16-34(20(2)18-35)28(36)24-10-7-11-25(32-29(37)31-22-8-5-4-6-9-22)27(24)40-26(19)17-33(3)41(38,39)23-14-12-21(30)13-15-23/h7,10-15,19-20,22,26,35H,4-6,8-9,16-18H2,1-3H3,(H2,31,32,37)/t19-,20+,26+/m1/s1. The minimum Gasteiger partial charge on any atom is -0.486 e. The first-order valence-corrected chi connectivity index (χ1v) is 15.8. The van der Waals surface area contributed by atoms with Crippen molar-refractivity contribution in [3.63, 3.8) is 0 Å². The number of hydrogen-bond donors (Lipinski definition) is 3. The first-order chi connectivity index (χ1) is 19.5. The second-order valence-electron chi connectivity index (χ2n) is 11.0. The lowest BCUT2D eigenvalue weighted by molar-refractivity contribution is 0.0389. The average Bonchev–Trinajstić information content (AvgIpc) is 2.95. The van der Waals surface area contributed by atoms with Crippen molar-refractivity contribution in [3.05, 3.63) is 53.1 Å². The van der Waals surface area contributed by atoms with Gasteiger partial charge in [0.05, 0.1) is 35.3 Å². The van der Waals surface area contributed by atoms with Crippen LogP contribution in [0.3, 0.4) is 0 Å². The number of carbonyl (C=O) groups excluding carboxylic acids is 2. The average molecular weight is 607 g/mol. The molecule has 0 spiro atoms. The smallest absolute Gasteiger partial charge is 0.319 e. The van der Waals surface area contributed by atoms with Crippen molar-refractivity contribution in [2.45, 2.75) is 69.0 Å². The second kappa shape index (κ2) is 13.4. The molecule has 1 heterocycles. The molecule has 0 unspecified atom stereocenters. The van der Waals surface area contributed by atoms with Crippen LogP contribution >= 0.6 is 11.6 Å². The van der Waals surface area contributed by atoms with Crippen molar-refractivity contribution >= 4 is 39.2 Å². The van der Waals surface area contributed by atoms with Crippen molar-refractivity contribution in [3.8, 4) is 5.75 Å². The number of fused-ring (bicyclic) bond motifs is 1. The molecule has 3 N–H and O–H groups in total. The van der Waals surface area contributed by atoms with Crippen molar-refractivity contribution in [1.82, 2.24) is 14.5 Å². The molecule has 224 valence electrons. The number of rotatable bonds is 8. The zero-order chi connectivity index (χ0) is 29.7. The molecule has 1 aliphatic heterocycles. The Hall–Kier alpha value is -2.86. The van der Waals surface area contributed by atoms with Gasteiger partial charge in [-0.05, 0) is 56.2 Å². The molecule has 3 atom stereocenters. The lowest BCUT2D eigenvalue weighted by Gasteiger charge is -2.38. The zero-order valence-electron chi connectivity index (χ0n) is 23.7. The Labute approximate surface area is 247 Å². The van der Waals surface area contributed by atoms with Gasteiger partial charge in [-0.2, -0.15) is 4.31 Å². The van der Waals surface area contributed by atoms with E-state index in [9.17, 15) is 23.1 Å². The third kappa shape index (κ3) is 7.32. The van der Waals surface area contributed by atoms with Gasteiger partial charge in [0.1, 0.15) is 6.10 Å². The van der Waals surface area contributed by atoms with Crippen molar-refractivity contribution < 1.29 is 27.9 Å². The summed E-state index contributed by atoms with van der Waals surface area (Å²) in [5.74, 6) is -0.501. The van der Waals surface area contributed by atoms with E-state index >= 15 is 0 Å². The Morgan fingerprint density at radius 3 is 2.51 bits per heavy atom. The number of benzene rings is 2. The number of carbonyl (C=O) groups is 2. The highest BCUT2D eigenvalue weighted by Gasteiger charge is 2.36. The van der Waals surface area contributed by atoms with Crippen LogP contribution in [-0.2, 0) is 10.0 Å². The molecule has 2 aliphatic rings. The number of nitrogens with zero attached hydrogens (tertiary/aromatic N) is 2. The van der Waals surface area contributed by atoms with Crippen LogP contribution in [0.25, 0.3) is 0 Å². The maximum absolute atomic E-state index is 13.7. The van der Waals surface area contributed by atoms with Gasteiger partial charge in [-0.15, -0.1) is 0 Å². The van der Waals surface area contributed by atoms with E-state index in [4.69, 9.17) is 16.3 Å². The Bertz CT molecular complexity index is 1330. The van der Waals surface area contributed by atoms with E-state index in [2.05, 4.69) is 10.6 Å². The van der Waals surface area contributed by atoms with Gasteiger partial charge in [-0.25, -0.2) is 13.2 Å². The van der Waals surface area contributed by atoms with Crippen molar-refractivity contribution in [2.75, 3.05) is 32.1 Å². The van der Waals surface area contributed by atoms with Gasteiger partial charge >= 0.3 is 6.03 Å². The number of likely N-dealkylation sites (N-methyl/N-ethyl adjacent to an activating group) is 1. The van der Waals surface area contributed by atoms with E-state index in [-0.39, 0.29) is 53.8 Å². The predicted octanol–water partition coefficient (Wildman–Crippen LogP) is 4.34. The topological polar surface area (TPSA) is 128 Å². The number of urea groups is 1. The van der Waals surface area contributed by atoms with E-state index in [0.717, 1.165) is 32.1 Å². The van der Waals surface area contributed by atoms with Gasteiger partial charge in [-0.3, -0.25) is 4.79 Å². The zero-order valence-corrected chi connectivity index (χ0v) is 25.2. The maximum Gasteiger partial charge on any atom is 0.319 e. The first-order valence-electron chi connectivity index (χ1n) is 14.0. The lowest BCUT2D eigenvalue weighted by atomic mass is 9.96. The fourth-order valence-electron chi connectivity index (χ4n) is 5.29. The molecular formula is C29H39ClN4O6S. The number of ether oxygens (including phenoxy) is 1. The van der Waals surface area contributed by atoms with E-state index in [1.807, 2.05) is 6.92 Å². The maximum atomic E-state index is 13.7. The Balaban J connectivity index is 1.65. The molecule has 0 bridgehead atoms. The van der Waals surface area contributed by atoms with E-state index in [0.29, 0.717) is 10.7 Å². The third-order valence-electron chi connectivity index (χ3n) is 7.84. The summed E-state index contributed by atoms with van der Waals surface area (Å²) in [7, 11) is -2.40. The van der Waals surface area contributed by atoms with Gasteiger partial charge < -0.3 is 25.4 Å². The van der Waals surface area contributed by atoms with E-state index < -0.39 is 28.2 Å². The molecule has 1 aliphatic carbocycles. The molecule has 2 aromatic carbocycles. The summed E-state index contributed by atoms with van der Waals surface area (Å²) in [6.45, 7) is 3.59. The third-order valence-corrected chi connectivity index (χ3v) is 9.93. The summed E-state index contributed by atoms with van der Waals surface area (Å²) in [5, 5.41) is 16.2. The molecule has 12 heteroatoms. The van der Waals surface area contributed by atoms with Crippen LogP contribution < -0.4 is 15.4 Å². The SMILES string of the molecule is C[C@@H]1CN([C@@H](C)CO)C(=O)c2cccc(NC(=O)NC3CCCCC3)c2O[C@H]1CN(C)S(=O)(=O)c1ccc(Cl)cc1. The fraction of sp³-hybridized carbons (Fsp3) is 0.517. The summed E-state index contributed by atoms with van der Waals surface area (Å²) in [5.41, 5.74) is 0.531. The van der Waals surface area contributed by atoms with Crippen LogP contribution in [0.4, 0.5) is 10.5 Å². The van der Waals surface area contributed by atoms with Crippen LogP contribution in [0.15, 0.2) is 47.4 Å². The van der Waals surface area contributed by atoms with Crippen molar-refractivity contribution in [2.24, 2.45) is 5.92 Å². The number of aliphatic hydroxyl groups excluding tert-OH is 1. The van der Waals surface area contributed by atoms with Gasteiger partial charge in [0.25, 0.3) is 5.91 Å². The summed E-state index contributed by atoms with van der Waals surface area (Å²) in [6, 6.07) is 10.1. The Morgan fingerprint density at radius 2 is 1.85 bits per heavy atom. The molecule has 0 aromatic heterocycles. The van der Waals surface area contributed by atoms with Crippen LogP contribution in [-0.4, -0.2) is 79.6 Å². The number of halogens is 1. The number of anilines is 1. The molecule has 3 amide bonds. The molecule has 4 rings (SSSR count). The number of nitrogens with one attached hydrogen (secondary N) is 2. The molecule has 2 aromatic rings. The summed E-state index contributed by atoms with van der Waals surface area (Å²) < 4.78 is 34.4. The molecule has 1 saturated carbocycles. The number of para-hydroxylation sites is 1. The number of amides is 3. The summed E-state index contributed by atoms with van der Waals surface area (Å²) in [4.78, 5) is 28.3. The lowest BCUT2D eigenvalue weighted by Crippen LogP contribution is -2.50. The normalized spacial score (nSPS) is 20.9. The highest BCUT2D eigenvalue weighted by Crippen LogP contribution is 2.35. The highest BCUT2D eigenvalue weighted by atomic mass is 35.5. The largest absolute Gasteiger partial charge is 0.486 e. The molecule has 10 nitrogen and oxygen atoms in total. The van der Waals surface area contributed by atoms with Gasteiger partial charge in [-0.1, -0.05) is 43.9 Å². The first kappa shape index (κ1) is 31.1. The summed E-state index contributed by atoms with van der Waals surface area (Å²) >= 11 is 5.95. The molecule has 41 heavy (non-hydrogen) atoms. The molecule has 1 fully saturated rings. The van der Waals surface area contributed by atoms with E-state index in [1.54, 1.807) is 30.0 Å². The predicted molar refractivity (Wildman–Crippen MR) is 158 cm³/mol. The number of hydrogen-bond acceptors (Lipinski definition) is 6. The molecule has 0 radical (unpaired) electrons. The van der Waals surface area contributed by atoms with Gasteiger partial charge in [0, 0.05) is 30.6 Å². The number of aliphatic hydroxyl groups is 1. The summed E-state index contributed by atoms with van der Waals surface area (Å²) in [6.07, 6.45) is 4.43.